The van der Waals surface area contributed by atoms with Crippen molar-refractivity contribution in [1.29, 1.82) is 0 Å². The van der Waals surface area contributed by atoms with Crippen LogP contribution in [-0.2, 0) is 4.74 Å². The molecule has 0 bridgehead atoms. The van der Waals surface area contributed by atoms with Crippen LogP contribution in [0.15, 0.2) is 12.4 Å². The number of methoxy groups -OCH3 is 1. The van der Waals surface area contributed by atoms with E-state index in [-0.39, 0.29) is 11.4 Å². The fraction of sp³-hybridized carbons (Fsp3) is 0.273. The molecule has 0 radical (unpaired) electrons. The molecule has 0 fully saturated rings. The number of carbonyl (C=O) groups excluding carboxylic acids is 1. The first-order valence-electron chi connectivity index (χ1n) is 5.52. The van der Waals surface area contributed by atoms with Crippen LogP contribution in [0.25, 0.3) is 5.82 Å². The Kier molecular flexibility index (Phi) is 3.32. The molecule has 8 heteroatoms. The maximum Gasteiger partial charge on any atom is 0.345 e. The number of aryl methyl sites for hydroxylation is 1. The van der Waals surface area contributed by atoms with Gasteiger partial charge >= 0.3 is 5.97 Å². The smallest absolute Gasteiger partial charge is 0.345 e. The van der Waals surface area contributed by atoms with Gasteiger partial charge in [-0.1, -0.05) is 0 Å². The quantitative estimate of drug-likeness (QED) is 0.770. The molecule has 2 aromatic heterocycles. The van der Waals surface area contributed by atoms with Gasteiger partial charge in [0.15, 0.2) is 11.6 Å². The van der Waals surface area contributed by atoms with Gasteiger partial charge in [0.05, 0.1) is 7.11 Å². The Hall–Kier alpha value is -2.64. The van der Waals surface area contributed by atoms with Crippen LogP contribution < -0.4 is 11.1 Å². The van der Waals surface area contributed by atoms with Crippen LogP contribution in [0.2, 0.25) is 0 Å². The minimum atomic E-state index is -0.557. The highest BCUT2D eigenvalue weighted by Crippen LogP contribution is 2.24. The molecule has 100 valence electrons. The molecule has 2 aromatic rings. The van der Waals surface area contributed by atoms with E-state index >= 15 is 0 Å². The maximum absolute atomic E-state index is 11.7. The monoisotopic (exact) mass is 262 g/mol. The van der Waals surface area contributed by atoms with Gasteiger partial charge in [0.2, 0.25) is 0 Å². The number of nitrogen functional groups attached to an aromatic ring is 1. The molecule has 0 aliphatic carbocycles. The molecule has 0 aliphatic heterocycles. The molecule has 0 aromatic carbocycles. The Labute approximate surface area is 109 Å². The third-order valence-electron chi connectivity index (χ3n) is 2.55. The summed E-state index contributed by atoms with van der Waals surface area (Å²) < 4.78 is 6.06. The molecular weight excluding hydrogens is 248 g/mol. The van der Waals surface area contributed by atoms with Gasteiger partial charge in [0.25, 0.3) is 0 Å². The van der Waals surface area contributed by atoms with Crippen LogP contribution in [0.4, 0.5) is 11.6 Å². The van der Waals surface area contributed by atoms with Crippen LogP contribution in [0, 0.1) is 6.92 Å². The summed E-state index contributed by atoms with van der Waals surface area (Å²) >= 11 is 0. The zero-order chi connectivity index (χ0) is 14.0. The molecule has 2 rings (SSSR count). The van der Waals surface area contributed by atoms with Gasteiger partial charge in [-0.3, -0.25) is 0 Å². The first-order valence-corrected chi connectivity index (χ1v) is 5.52. The first kappa shape index (κ1) is 12.8. The zero-order valence-electron chi connectivity index (χ0n) is 10.8. The van der Waals surface area contributed by atoms with Crippen LogP contribution in [0.3, 0.4) is 0 Å². The van der Waals surface area contributed by atoms with E-state index in [2.05, 4.69) is 25.1 Å². The lowest BCUT2D eigenvalue weighted by Crippen LogP contribution is -2.09. The highest BCUT2D eigenvalue weighted by Gasteiger charge is 2.23. The van der Waals surface area contributed by atoms with Crippen LogP contribution >= 0.6 is 0 Å². The Morgan fingerprint density at radius 3 is 2.79 bits per heavy atom. The van der Waals surface area contributed by atoms with Gasteiger partial charge < -0.3 is 15.8 Å². The first-order chi connectivity index (χ1) is 9.08. The fourth-order valence-electron chi connectivity index (χ4n) is 1.64. The Bertz CT molecular complexity index is 622. The molecule has 0 saturated heterocycles. The van der Waals surface area contributed by atoms with Crippen molar-refractivity contribution >= 4 is 17.6 Å². The van der Waals surface area contributed by atoms with Crippen molar-refractivity contribution < 1.29 is 9.53 Å². The topological polar surface area (TPSA) is 108 Å². The van der Waals surface area contributed by atoms with Gasteiger partial charge in [-0.25, -0.2) is 14.8 Å². The lowest BCUT2D eigenvalue weighted by molar-refractivity contribution is 0.0603. The van der Waals surface area contributed by atoms with Crippen LogP contribution in [0.5, 0.6) is 0 Å². The summed E-state index contributed by atoms with van der Waals surface area (Å²) in [6.07, 6.45) is 1.41. The minimum absolute atomic E-state index is 0.161. The number of aromatic nitrogens is 4. The van der Waals surface area contributed by atoms with Crippen LogP contribution in [-0.4, -0.2) is 39.9 Å². The summed E-state index contributed by atoms with van der Waals surface area (Å²) in [6.45, 7) is 1.82. The number of carbonyl (C=O) groups is 1. The number of rotatable bonds is 3. The average Bonchev–Trinajstić information content (AvgIpc) is 2.75. The van der Waals surface area contributed by atoms with E-state index in [4.69, 9.17) is 5.73 Å². The summed E-state index contributed by atoms with van der Waals surface area (Å²) in [6, 6.07) is 1.71. The van der Waals surface area contributed by atoms with Gasteiger partial charge in [-0.2, -0.15) is 4.68 Å². The second-order valence-electron chi connectivity index (χ2n) is 3.78. The van der Waals surface area contributed by atoms with E-state index in [1.54, 1.807) is 13.1 Å². The highest BCUT2D eigenvalue weighted by molar-refractivity contribution is 5.99. The highest BCUT2D eigenvalue weighted by atomic mass is 16.5. The number of hydrogen-bond donors (Lipinski definition) is 2. The van der Waals surface area contributed by atoms with Crippen molar-refractivity contribution in [3.8, 4) is 5.82 Å². The molecule has 19 heavy (non-hydrogen) atoms. The Balaban J connectivity index is 2.60. The number of hydrogen-bond acceptors (Lipinski definition) is 7. The number of ether oxygens (including phenoxy) is 1. The lowest BCUT2D eigenvalue weighted by atomic mass is 10.3. The van der Waals surface area contributed by atoms with Crippen molar-refractivity contribution in [2.24, 2.45) is 0 Å². The second-order valence-corrected chi connectivity index (χ2v) is 3.78. The molecular formula is C11H14N6O2. The van der Waals surface area contributed by atoms with Gasteiger partial charge in [-0.15, -0.1) is 5.10 Å². The van der Waals surface area contributed by atoms with E-state index in [0.717, 1.165) is 5.69 Å². The summed E-state index contributed by atoms with van der Waals surface area (Å²) in [5.74, 6) is 0.422. The Morgan fingerprint density at radius 2 is 2.21 bits per heavy atom. The van der Waals surface area contributed by atoms with Crippen molar-refractivity contribution in [2.75, 3.05) is 25.2 Å². The third kappa shape index (κ3) is 2.19. The number of nitrogens with two attached hydrogens (primary N) is 1. The standard InChI is InChI=1S/C11H14N6O2/c1-6-4-7(15-5-14-6)17-9(12)8(11(18)19-3)10(13-2)16-17/h4-5H,12H2,1-3H3,(H,13,16). The molecule has 0 saturated carbocycles. The Morgan fingerprint density at radius 1 is 1.47 bits per heavy atom. The minimum Gasteiger partial charge on any atom is -0.465 e. The summed E-state index contributed by atoms with van der Waals surface area (Å²) in [7, 11) is 2.93. The maximum atomic E-state index is 11.7. The molecule has 2 heterocycles. The van der Waals surface area contributed by atoms with Gasteiger partial charge in [0.1, 0.15) is 17.7 Å². The molecule has 0 unspecified atom stereocenters. The fourth-order valence-corrected chi connectivity index (χ4v) is 1.64. The van der Waals surface area contributed by atoms with Gasteiger partial charge in [0, 0.05) is 18.8 Å². The SMILES string of the molecule is CNc1nn(-c2cc(C)ncn2)c(N)c1C(=O)OC. The predicted molar refractivity (Wildman–Crippen MR) is 69.2 cm³/mol. The third-order valence-corrected chi connectivity index (χ3v) is 2.55. The summed E-state index contributed by atoms with van der Waals surface area (Å²) in [5.41, 5.74) is 6.89. The number of esters is 1. The molecule has 0 amide bonds. The van der Waals surface area contributed by atoms with Crippen molar-refractivity contribution in [3.05, 3.63) is 23.7 Å². The number of nitrogens with zero attached hydrogens (tertiary/aromatic N) is 4. The van der Waals surface area contributed by atoms with E-state index in [9.17, 15) is 4.79 Å². The second kappa shape index (κ2) is 4.92. The number of nitrogens with one attached hydrogen (secondary N) is 1. The van der Waals surface area contributed by atoms with E-state index in [1.165, 1.54) is 18.1 Å². The zero-order valence-corrected chi connectivity index (χ0v) is 10.8. The average molecular weight is 262 g/mol. The van der Waals surface area contributed by atoms with E-state index < -0.39 is 5.97 Å². The number of anilines is 2. The predicted octanol–water partition coefficient (Wildman–Crippen LogP) is 0.381. The normalized spacial score (nSPS) is 10.3. The molecule has 0 aliphatic rings. The van der Waals surface area contributed by atoms with Gasteiger partial charge in [-0.05, 0) is 6.92 Å². The van der Waals surface area contributed by atoms with Crippen molar-refractivity contribution in [1.82, 2.24) is 19.7 Å². The molecule has 0 atom stereocenters. The lowest BCUT2D eigenvalue weighted by Gasteiger charge is -2.03. The largest absolute Gasteiger partial charge is 0.465 e. The van der Waals surface area contributed by atoms with E-state index in [1.807, 2.05) is 6.92 Å². The summed E-state index contributed by atoms with van der Waals surface area (Å²) in [4.78, 5) is 19.8. The van der Waals surface area contributed by atoms with Crippen molar-refractivity contribution in [3.63, 3.8) is 0 Å². The van der Waals surface area contributed by atoms with Crippen LogP contribution in [0.1, 0.15) is 16.1 Å². The van der Waals surface area contributed by atoms with Crippen molar-refractivity contribution in [2.45, 2.75) is 6.92 Å². The summed E-state index contributed by atoms with van der Waals surface area (Å²) in [5, 5.41) is 7.00. The molecule has 0 spiro atoms. The molecule has 3 N–H and O–H groups in total. The molecule has 8 nitrogen and oxygen atoms in total. The van der Waals surface area contributed by atoms with E-state index in [0.29, 0.717) is 11.6 Å².